The zero-order chi connectivity index (χ0) is 49.9. The van der Waals surface area contributed by atoms with Gasteiger partial charge in [-0.15, -0.1) is 0 Å². The highest BCUT2D eigenvalue weighted by atomic mass is 16.3. The average molecular weight is 965 g/mol. The van der Waals surface area contributed by atoms with Gasteiger partial charge in [0.15, 0.2) is 0 Å². The van der Waals surface area contributed by atoms with Gasteiger partial charge in [-0.1, -0.05) is 312 Å². The zero-order valence-corrected chi connectivity index (χ0v) is 46.6. The topological polar surface area (TPSA) is 69.6 Å². The number of amides is 1. The molecule has 0 aromatic heterocycles. The molecule has 0 spiro atoms. The third-order valence-electron chi connectivity index (χ3n) is 14.2. The van der Waals surface area contributed by atoms with E-state index in [9.17, 15) is 15.0 Å². The molecular weight excluding hydrogens is 843 g/mol. The fourth-order valence-corrected chi connectivity index (χ4v) is 9.50. The lowest BCUT2D eigenvalue weighted by Gasteiger charge is -2.19. The summed E-state index contributed by atoms with van der Waals surface area (Å²) >= 11 is 0. The monoisotopic (exact) mass is 964 g/mol. The summed E-state index contributed by atoms with van der Waals surface area (Å²) in [4.78, 5) is 12.5. The molecule has 0 aliphatic carbocycles. The van der Waals surface area contributed by atoms with E-state index in [0.717, 1.165) is 44.9 Å². The second kappa shape index (κ2) is 60.4. The van der Waals surface area contributed by atoms with Crippen molar-refractivity contribution in [1.29, 1.82) is 0 Å². The largest absolute Gasteiger partial charge is 0.394 e. The molecule has 4 nitrogen and oxygen atoms in total. The van der Waals surface area contributed by atoms with E-state index in [1.807, 2.05) is 6.08 Å². The van der Waals surface area contributed by atoms with Crippen LogP contribution in [0.15, 0.2) is 60.8 Å². The third kappa shape index (κ3) is 56.9. The Hall–Kier alpha value is -1.91. The van der Waals surface area contributed by atoms with E-state index in [1.54, 1.807) is 6.08 Å². The third-order valence-corrected chi connectivity index (χ3v) is 14.2. The molecule has 0 aliphatic heterocycles. The summed E-state index contributed by atoms with van der Waals surface area (Å²) < 4.78 is 0. The summed E-state index contributed by atoms with van der Waals surface area (Å²) in [6.45, 7) is 4.32. The van der Waals surface area contributed by atoms with Crippen molar-refractivity contribution in [2.75, 3.05) is 6.61 Å². The predicted molar refractivity (Wildman–Crippen MR) is 308 cm³/mol. The van der Waals surface area contributed by atoms with Crippen molar-refractivity contribution in [2.45, 2.75) is 341 Å². The lowest BCUT2D eigenvalue weighted by molar-refractivity contribution is -0.123. The number of aliphatic hydroxyl groups excluding tert-OH is 2. The maximum Gasteiger partial charge on any atom is 0.220 e. The average Bonchev–Trinajstić information content (AvgIpc) is 3.35. The summed E-state index contributed by atoms with van der Waals surface area (Å²) in [5, 5.41) is 23.2. The van der Waals surface area contributed by atoms with Gasteiger partial charge < -0.3 is 15.5 Å². The first-order valence-corrected chi connectivity index (χ1v) is 31.0. The van der Waals surface area contributed by atoms with Gasteiger partial charge in [-0.25, -0.2) is 0 Å². The highest BCUT2D eigenvalue weighted by Crippen LogP contribution is 2.17. The molecule has 404 valence electrons. The molecule has 0 heterocycles. The molecule has 0 saturated heterocycles. The molecule has 0 radical (unpaired) electrons. The van der Waals surface area contributed by atoms with Crippen molar-refractivity contribution in [2.24, 2.45) is 0 Å². The van der Waals surface area contributed by atoms with Crippen LogP contribution in [0, 0.1) is 0 Å². The molecule has 0 fully saturated rings. The molecule has 0 saturated carbocycles. The molecule has 3 N–H and O–H groups in total. The minimum atomic E-state index is -0.866. The standard InChI is InChI=1S/C65H121NO3/c1-3-5-7-9-11-13-15-17-19-21-23-25-27-29-31-33-35-37-39-41-43-45-47-49-51-53-55-57-59-61-65(69)66-63(62-67)64(68)60-58-56-54-52-50-48-46-44-42-40-38-36-34-32-30-28-26-24-22-20-18-16-14-12-10-8-6-4-2/h15,17,21,23,27,29,50,52,58,60,63-64,67-68H,3-14,16,18-20,22,24-26,28,30-49,51,53-57,59,61-62H2,1-2H3,(H,66,69)/b17-15-,23-21-,29-27-,52-50+,60-58+. The first-order valence-electron chi connectivity index (χ1n) is 31.0. The van der Waals surface area contributed by atoms with Gasteiger partial charge in [0.05, 0.1) is 18.8 Å². The van der Waals surface area contributed by atoms with Gasteiger partial charge in [-0.3, -0.25) is 4.79 Å². The van der Waals surface area contributed by atoms with Crippen LogP contribution in [0.1, 0.15) is 328 Å². The van der Waals surface area contributed by atoms with Gasteiger partial charge in [0.25, 0.3) is 0 Å². The molecule has 0 aromatic rings. The van der Waals surface area contributed by atoms with Gasteiger partial charge in [0.2, 0.25) is 5.91 Å². The molecule has 4 heteroatoms. The molecule has 0 rings (SSSR count). The summed E-state index contributed by atoms with van der Waals surface area (Å²) in [5.74, 6) is -0.0717. The second-order valence-corrected chi connectivity index (χ2v) is 21.1. The Balaban J connectivity index is 3.51. The maximum atomic E-state index is 12.5. The SMILES string of the molecule is CCCCCCC/C=C\C/C=C\C/C=C\CCCCCCCCCCCCCCCCC(=O)NC(CO)C(O)/C=C/CC/C=C/CCCCCCCCCCCCCCCCCCCCCCCC. The van der Waals surface area contributed by atoms with E-state index in [2.05, 4.69) is 67.8 Å². The van der Waals surface area contributed by atoms with Crippen LogP contribution in [0.5, 0.6) is 0 Å². The van der Waals surface area contributed by atoms with Crippen LogP contribution in [0.3, 0.4) is 0 Å². The highest BCUT2D eigenvalue weighted by Gasteiger charge is 2.18. The smallest absolute Gasteiger partial charge is 0.220 e. The van der Waals surface area contributed by atoms with E-state index in [4.69, 9.17) is 0 Å². The van der Waals surface area contributed by atoms with Crippen LogP contribution < -0.4 is 5.32 Å². The van der Waals surface area contributed by atoms with Crippen molar-refractivity contribution >= 4 is 5.91 Å². The number of nitrogens with one attached hydrogen (secondary N) is 1. The fourth-order valence-electron chi connectivity index (χ4n) is 9.50. The molecule has 2 unspecified atom stereocenters. The zero-order valence-electron chi connectivity index (χ0n) is 46.6. The second-order valence-electron chi connectivity index (χ2n) is 21.1. The maximum absolute atomic E-state index is 12.5. The van der Waals surface area contributed by atoms with E-state index in [1.165, 1.54) is 263 Å². The normalized spacial score (nSPS) is 13.2. The Bertz CT molecular complexity index is 1140. The number of unbranched alkanes of at least 4 members (excludes halogenated alkanes) is 42. The fraction of sp³-hybridized carbons (Fsp3) is 0.831. The van der Waals surface area contributed by atoms with E-state index < -0.39 is 12.1 Å². The van der Waals surface area contributed by atoms with Crippen LogP contribution in [-0.4, -0.2) is 34.9 Å². The molecule has 0 aliphatic rings. The predicted octanol–water partition coefficient (Wildman–Crippen LogP) is 20.8. The minimum absolute atomic E-state index is 0.0717. The summed E-state index contributed by atoms with van der Waals surface area (Å²) in [7, 11) is 0. The number of allylic oxidation sites excluding steroid dienone is 9. The Morgan fingerprint density at radius 1 is 0.348 bits per heavy atom. The molecule has 2 atom stereocenters. The van der Waals surface area contributed by atoms with E-state index in [0.29, 0.717) is 6.42 Å². The van der Waals surface area contributed by atoms with Crippen molar-refractivity contribution in [3.8, 4) is 0 Å². The number of rotatable bonds is 57. The summed E-state index contributed by atoms with van der Waals surface area (Å²) in [5.41, 5.74) is 0. The van der Waals surface area contributed by atoms with Crippen molar-refractivity contribution in [3.63, 3.8) is 0 Å². The van der Waals surface area contributed by atoms with Gasteiger partial charge in [0, 0.05) is 6.42 Å². The number of hydrogen-bond donors (Lipinski definition) is 3. The Morgan fingerprint density at radius 2 is 0.609 bits per heavy atom. The van der Waals surface area contributed by atoms with Crippen LogP contribution in [0.2, 0.25) is 0 Å². The van der Waals surface area contributed by atoms with Crippen LogP contribution >= 0.6 is 0 Å². The minimum Gasteiger partial charge on any atom is -0.394 e. The van der Waals surface area contributed by atoms with Gasteiger partial charge in [-0.05, 0) is 70.6 Å². The van der Waals surface area contributed by atoms with Crippen molar-refractivity contribution < 1.29 is 15.0 Å². The van der Waals surface area contributed by atoms with Gasteiger partial charge in [0.1, 0.15) is 0 Å². The quantitative estimate of drug-likeness (QED) is 0.0420. The Morgan fingerprint density at radius 3 is 0.942 bits per heavy atom. The first-order chi connectivity index (χ1) is 34.2. The summed E-state index contributed by atoms with van der Waals surface area (Å²) in [6, 6.07) is -0.643. The van der Waals surface area contributed by atoms with Crippen molar-refractivity contribution in [3.05, 3.63) is 60.8 Å². The number of aliphatic hydroxyl groups is 2. The summed E-state index contributed by atoms with van der Waals surface area (Å²) in [6.07, 6.45) is 85.5. The Kier molecular flexibility index (Phi) is 58.7. The molecular formula is C65H121NO3. The molecule has 69 heavy (non-hydrogen) atoms. The molecule has 1 amide bonds. The van der Waals surface area contributed by atoms with E-state index >= 15 is 0 Å². The lowest BCUT2D eigenvalue weighted by Crippen LogP contribution is -2.45. The number of carbonyl (C=O) groups is 1. The van der Waals surface area contributed by atoms with Gasteiger partial charge >= 0.3 is 0 Å². The molecule has 0 bridgehead atoms. The van der Waals surface area contributed by atoms with Crippen LogP contribution in [0.4, 0.5) is 0 Å². The first kappa shape index (κ1) is 67.1. The van der Waals surface area contributed by atoms with Crippen molar-refractivity contribution in [1.82, 2.24) is 5.32 Å². The van der Waals surface area contributed by atoms with Gasteiger partial charge in [-0.2, -0.15) is 0 Å². The lowest BCUT2D eigenvalue weighted by atomic mass is 10.0. The van der Waals surface area contributed by atoms with Crippen LogP contribution in [-0.2, 0) is 4.79 Å². The van der Waals surface area contributed by atoms with Crippen LogP contribution in [0.25, 0.3) is 0 Å². The van der Waals surface area contributed by atoms with E-state index in [-0.39, 0.29) is 12.5 Å². The molecule has 0 aromatic carbocycles. The number of hydrogen-bond acceptors (Lipinski definition) is 3. The highest BCUT2D eigenvalue weighted by molar-refractivity contribution is 5.76. The number of carbonyl (C=O) groups excluding carboxylic acids is 1. The Labute approximate surface area is 432 Å².